The number of aryl methyl sites for hydroxylation is 1. The summed E-state index contributed by atoms with van der Waals surface area (Å²) >= 11 is 0. The smallest absolute Gasteiger partial charge is 0.321 e. The third-order valence-electron chi connectivity index (χ3n) is 4.54. The van der Waals surface area contributed by atoms with Gasteiger partial charge >= 0.3 is 6.03 Å². The lowest BCUT2D eigenvalue weighted by molar-refractivity contribution is 0.208. The highest BCUT2D eigenvalue weighted by atomic mass is 16.2. The van der Waals surface area contributed by atoms with Crippen molar-refractivity contribution in [3.8, 4) is 5.82 Å². The number of urea groups is 1. The molecule has 1 aromatic carbocycles. The van der Waals surface area contributed by atoms with Crippen molar-refractivity contribution in [2.24, 2.45) is 0 Å². The van der Waals surface area contributed by atoms with Gasteiger partial charge in [-0.3, -0.25) is 0 Å². The first-order chi connectivity index (χ1) is 13.2. The number of nitrogens with one attached hydrogen (secondary N) is 1. The first kappa shape index (κ1) is 17.0. The van der Waals surface area contributed by atoms with Crippen LogP contribution in [0.15, 0.2) is 55.1 Å². The zero-order valence-corrected chi connectivity index (χ0v) is 15.1. The molecule has 27 heavy (non-hydrogen) atoms. The van der Waals surface area contributed by atoms with E-state index in [0.717, 1.165) is 36.0 Å². The van der Waals surface area contributed by atoms with Crippen LogP contribution in [0.25, 0.3) is 5.82 Å². The molecule has 1 aliphatic rings. The molecule has 0 atom stereocenters. The molecule has 1 aliphatic heterocycles. The lowest BCUT2D eigenvalue weighted by Crippen LogP contribution is -2.50. The summed E-state index contributed by atoms with van der Waals surface area (Å²) < 4.78 is 1.71. The third-order valence-corrected chi connectivity index (χ3v) is 4.54. The molecule has 3 heterocycles. The zero-order chi connectivity index (χ0) is 18.6. The third kappa shape index (κ3) is 3.89. The highest BCUT2D eigenvalue weighted by Crippen LogP contribution is 2.17. The van der Waals surface area contributed by atoms with Crippen molar-refractivity contribution in [2.45, 2.75) is 6.92 Å². The minimum absolute atomic E-state index is 0.0693. The number of benzene rings is 1. The summed E-state index contributed by atoms with van der Waals surface area (Å²) in [5, 5.41) is 7.17. The van der Waals surface area contributed by atoms with Crippen molar-refractivity contribution < 1.29 is 4.79 Å². The molecule has 8 nitrogen and oxygen atoms in total. The zero-order valence-electron chi connectivity index (χ0n) is 15.1. The van der Waals surface area contributed by atoms with Crippen LogP contribution >= 0.6 is 0 Å². The molecule has 138 valence electrons. The molecule has 1 saturated heterocycles. The predicted octanol–water partition coefficient (Wildman–Crippen LogP) is 2.32. The molecule has 3 aromatic rings. The van der Waals surface area contributed by atoms with Crippen LogP contribution in [0.1, 0.15) is 5.56 Å². The van der Waals surface area contributed by atoms with E-state index in [4.69, 9.17) is 0 Å². The van der Waals surface area contributed by atoms with Crippen LogP contribution in [-0.2, 0) is 0 Å². The Morgan fingerprint density at radius 1 is 1.04 bits per heavy atom. The van der Waals surface area contributed by atoms with Crippen molar-refractivity contribution in [1.82, 2.24) is 24.6 Å². The summed E-state index contributed by atoms with van der Waals surface area (Å²) in [7, 11) is 0. The van der Waals surface area contributed by atoms with Crippen LogP contribution in [0.2, 0.25) is 0 Å². The van der Waals surface area contributed by atoms with Gasteiger partial charge in [0.2, 0.25) is 0 Å². The summed E-state index contributed by atoms with van der Waals surface area (Å²) in [6.45, 7) is 4.72. The minimum Gasteiger partial charge on any atom is -0.353 e. The fraction of sp³-hybridized carbons (Fsp3) is 0.263. The number of hydrogen-bond donors (Lipinski definition) is 1. The van der Waals surface area contributed by atoms with Crippen molar-refractivity contribution in [3.63, 3.8) is 0 Å². The van der Waals surface area contributed by atoms with Gasteiger partial charge in [-0.05, 0) is 30.7 Å². The lowest BCUT2D eigenvalue weighted by Gasteiger charge is -2.35. The fourth-order valence-electron chi connectivity index (χ4n) is 3.10. The molecule has 2 aromatic heterocycles. The minimum atomic E-state index is -0.0693. The first-order valence-corrected chi connectivity index (χ1v) is 8.89. The maximum absolute atomic E-state index is 12.5. The second-order valence-corrected chi connectivity index (χ2v) is 6.46. The molecule has 4 rings (SSSR count). The second-order valence-electron chi connectivity index (χ2n) is 6.46. The number of carbonyl (C=O) groups excluding carboxylic acids is 1. The van der Waals surface area contributed by atoms with Crippen LogP contribution in [0.5, 0.6) is 0 Å². The van der Waals surface area contributed by atoms with Crippen LogP contribution < -0.4 is 10.2 Å². The molecular formula is C19H21N7O. The number of carbonyl (C=O) groups is 1. The maximum Gasteiger partial charge on any atom is 0.321 e. The summed E-state index contributed by atoms with van der Waals surface area (Å²) in [5.74, 6) is 1.57. The van der Waals surface area contributed by atoms with Gasteiger partial charge in [0.25, 0.3) is 0 Å². The van der Waals surface area contributed by atoms with Gasteiger partial charge in [0.1, 0.15) is 12.1 Å². The van der Waals surface area contributed by atoms with Crippen molar-refractivity contribution in [3.05, 3.63) is 60.7 Å². The molecule has 0 unspecified atom stereocenters. The maximum atomic E-state index is 12.5. The Bertz CT molecular complexity index is 917. The topological polar surface area (TPSA) is 79.2 Å². The van der Waals surface area contributed by atoms with Gasteiger partial charge in [0, 0.05) is 50.3 Å². The molecule has 0 radical (unpaired) electrons. The quantitative estimate of drug-likeness (QED) is 0.773. The summed E-state index contributed by atoms with van der Waals surface area (Å²) in [4.78, 5) is 25.1. The summed E-state index contributed by atoms with van der Waals surface area (Å²) in [6.07, 6.45) is 5.11. The van der Waals surface area contributed by atoms with E-state index in [9.17, 15) is 4.79 Å². The Morgan fingerprint density at radius 2 is 1.85 bits per heavy atom. The van der Waals surface area contributed by atoms with Gasteiger partial charge in [-0.1, -0.05) is 12.1 Å². The van der Waals surface area contributed by atoms with E-state index in [2.05, 4.69) is 25.3 Å². The van der Waals surface area contributed by atoms with Gasteiger partial charge in [0.05, 0.1) is 0 Å². The Balaban J connectivity index is 1.37. The molecule has 1 fully saturated rings. The second kappa shape index (κ2) is 7.45. The number of piperazine rings is 1. The number of anilines is 2. The lowest BCUT2D eigenvalue weighted by atomic mass is 10.2. The number of amides is 2. The van der Waals surface area contributed by atoms with E-state index in [0.29, 0.717) is 13.1 Å². The van der Waals surface area contributed by atoms with Crippen LogP contribution in [-0.4, -0.2) is 56.9 Å². The normalized spacial score (nSPS) is 14.3. The van der Waals surface area contributed by atoms with Crippen molar-refractivity contribution in [2.75, 3.05) is 36.4 Å². The molecule has 0 aliphatic carbocycles. The molecule has 8 heteroatoms. The monoisotopic (exact) mass is 363 g/mol. The van der Waals surface area contributed by atoms with E-state index in [1.165, 1.54) is 0 Å². The number of rotatable bonds is 3. The Hall–Kier alpha value is -3.42. The largest absolute Gasteiger partial charge is 0.353 e. The molecule has 0 spiro atoms. The highest BCUT2D eigenvalue weighted by Gasteiger charge is 2.22. The van der Waals surface area contributed by atoms with E-state index in [-0.39, 0.29) is 6.03 Å². The van der Waals surface area contributed by atoms with Gasteiger partial charge in [-0.25, -0.2) is 19.4 Å². The SMILES string of the molecule is Cc1cccc(NC(=O)N2CCN(c3cc(-n4cccn4)ncn3)CC2)c1. The Labute approximate surface area is 157 Å². The average Bonchev–Trinajstić information content (AvgIpc) is 3.23. The average molecular weight is 363 g/mol. The van der Waals surface area contributed by atoms with Crippen molar-refractivity contribution in [1.29, 1.82) is 0 Å². The van der Waals surface area contributed by atoms with Crippen molar-refractivity contribution >= 4 is 17.5 Å². The molecule has 0 saturated carbocycles. The Kier molecular flexibility index (Phi) is 4.69. The summed E-state index contributed by atoms with van der Waals surface area (Å²) in [5.41, 5.74) is 1.94. The highest BCUT2D eigenvalue weighted by molar-refractivity contribution is 5.89. The van der Waals surface area contributed by atoms with Gasteiger partial charge in [-0.15, -0.1) is 0 Å². The molecule has 0 bridgehead atoms. The standard InChI is InChI=1S/C19H21N7O/c1-15-4-2-5-16(12-15)23-19(27)25-10-8-24(9-11-25)17-13-18(21-14-20-17)26-7-3-6-22-26/h2-7,12-14H,8-11H2,1H3,(H,23,27). The van der Waals surface area contributed by atoms with E-state index < -0.39 is 0 Å². The van der Waals surface area contributed by atoms with Gasteiger partial charge in [-0.2, -0.15) is 5.10 Å². The molecular weight excluding hydrogens is 342 g/mol. The number of nitrogens with zero attached hydrogens (tertiary/aromatic N) is 6. The van der Waals surface area contributed by atoms with E-state index >= 15 is 0 Å². The first-order valence-electron chi connectivity index (χ1n) is 8.89. The van der Waals surface area contributed by atoms with Crippen LogP contribution in [0.4, 0.5) is 16.3 Å². The fourth-order valence-corrected chi connectivity index (χ4v) is 3.10. The number of hydrogen-bond acceptors (Lipinski definition) is 5. The van der Waals surface area contributed by atoms with Crippen LogP contribution in [0.3, 0.4) is 0 Å². The predicted molar refractivity (Wildman–Crippen MR) is 103 cm³/mol. The molecule has 2 amide bonds. The van der Waals surface area contributed by atoms with E-state index in [1.54, 1.807) is 17.2 Å². The van der Waals surface area contributed by atoms with Gasteiger partial charge in [0.15, 0.2) is 5.82 Å². The molecule has 1 N–H and O–H groups in total. The van der Waals surface area contributed by atoms with Crippen LogP contribution in [0, 0.1) is 6.92 Å². The van der Waals surface area contributed by atoms with Gasteiger partial charge < -0.3 is 15.1 Å². The number of aromatic nitrogens is 4. The summed E-state index contributed by atoms with van der Waals surface area (Å²) in [6, 6.07) is 11.5. The van der Waals surface area contributed by atoms with E-state index in [1.807, 2.05) is 54.4 Å². The Morgan fingerprint density at radius 3 is 2.59 bits per heavy atom.